The van der Waals surface area contributed by atoms with E-state index in [4.69, 9.17) is 0 Å². The second-order valence-electron chi connectivity index (χ2n) is 5.73. The number of amides is 1. The van der Waals surface area contributed by atoms with E-state index in [1.165, 1.54) is 11.1 Å². The Morgan fingerprint density at radius 2 is 2.05 bits per heavy atom. The van der Waals surface area contributed by atoms with Crippen molar-refractivity contribution in [3.8, 4) is 0 Å². The van der Waals surface area contributed by atoms with Gasteiger partial charge in [-0.25, -0.2) is 0 Å². The van der Waals surface area contributed by atoms with E-state index in [0.717, 1.165) is 57.8 Å². The Bertz CT molecular complexity index is 494. The standard InChI is InChI=1S/C16H23N3O/c1-13(20)19-9-5-15-3-2-14(12-16(15)19)4-8-18-10-6-17-7-11-18/h2-3,12,17H,4-11H2,1H3. The number of carbonyl (C=O) groups is 1. The highest BCUT2D eigenvalue weighted by Crippen LogP contribution is 2.29. The lowest BCUT2D eigenvalue weighted by Gasteiger charge is -2.27. The fraction of sp³-hybridized carbons (Fsp3) is 0.562. The van der Waals surface area contributed by atoms with Crippen LogP contribution in [-0.4, -0.2) is 50.1 Å². The summed E-state index contributed by atoms with van der Waals surface area (Å²) in [6.45, 7) is 8.09. The molecule has 0 bridgehead atoms. The smallest absolute Gasteiger partial charge is 0.223 e. The van der Waals surface area contributed by atoms with E-state index in [-0.39, 0.29) is 5.91 Å². The molecule has 1 aromatic carbocycles. The zero-order chi connectivity index (χ0) is 13.9. The van der Waals surface area contributed by atoms with Crippen LogP contribution in [0, 0.1) is 0 Å². The van der Waals surface area contributed by atoms with E-state index in [1.54, 1.807) is 6.92 Å². The summed E-state index contributed by atoms with van der Waals surface area (Å²) in [5, 5.41) is 3.38. The summed E-state index contributed by atoms with van der Waals surface area (Å²) in [7, 11) is 0. The van der Waals surface area contributed by atoms with Crippen molar-refractivity contribution in [2.45, 2.75) is 19.8 Å². The number of nitrogens with zero attached hydrogens (tertiary/aromatic N) is 2. The van der Waals surface area contributed by atoms with Crippen LogP contribution in [0.5, 0.6) is 0 Å². The van der Waals surface area contributed by atoms with Crippen molar-refractivity contribution in [3.63, 3.8) is 0 Å². The van der Waals surface area contributed by atoms with Crippen LogP contribution in [0.15, 0.2) is 18.2 Å². The molecule has 0 aromatic heterocycles. The van der Waals surface area contributed by atoms with Gasteiger partial charge in [-0.3, -0.25) is 4.79 Å². The second-order valence-corrected chi connectivity index (χ2v) is 5.73. The average Bonchev–Trinajstić information content (AvgIpc) is 2.89. The Labute approximate surface area is 120 Å². The molecule has 0 radical (unpaired) electrons. The number of anilines is 1. The average molecular weight is 273 g/mol. The summed E-state index contributed by atoms with van der Waals surface area (Å²) in [6, 6.07) is 6.64. The Morgan fingerprint density at radius 1 is 1.25 bits per heavy atom. The molecule has 1 aromatic rings. The molecule has 1 amide bonds. The van der Waals surface area contributed by atoms with Gasteiger partial charge in [0.15, 0.2) is 0 Å². The van der Waals surface area contributed by atoms with Gasteiger partial charge in [0.2, 0.25) is 5.91 Å². The zero-order valence-corrected chi connectivity index (χ0v) is 12.2. The first kappa shape index (κ1) is 13.6. The molecule has 0 spiro atoms. The first-order chi connectivity index (χ1) is 9.74. The molecule has 4 nitrogen and oxygen atoms in total. The predicted octanol–water partition coefficient (Wildman–Crippen LogP) is 1.04. The van der Waals surface area contributed by atoms with Gasteiger partial charge in [-0.15, -0.1) is 0 Å². The van der Waals surface area contributed by atoms with Crippen LogP contribution in [0.25, 0.3) is 0 Å². The Kier molecular flexibility index (Phi) is 4.03. The molecule has 1 N–H and O–H groups in total. The molecule has 1 saturated heterocycles. The van der Waals surface area contributed by atoms with E-state index in [9.17, 15) is 4.79 Å². The topological polar surface area (TPSA) is 35.6 Å². The van der Waals surface area contributed by atoms with Gasteiger partial charge < -0.3 is 15.1 Å². The highest BCUT2D eigenvalue weighted by molar-refractivity contribution is 5.93. The summed E-state index contributed by atoms with van der Waals surface area (Å²) in [4.78, 5) is 16.0. The largest absolute Gasteiger partial charge is 0.314 e. The van der Waals surface area contributed by atoms with Gasteiger partial charge in [0.1, 0.15) is 0 Å². The number of piperazine rings is 1. The van der Waals surface area contributed by atoms with Gasteiger partial charge in [0.05, 0.1) is 0 Å². The number of fused-ring (bicyclic) bond motifs is 1. The number of benzene rings is 1. The maximum Gasteiger partial charge on any atom is 0.223 e. The fourth-order valence-corrected chi connectivity index (χ4v) is 3.13. The van der Waals surface area contributed by atoms with Crippen LogP contribution >= 0.6 is 0 Å². The quantitative estimate of drug-likeness (QED) is 0.894. The maximum atomic E-state index is 11.6. The van der Waals surface area contributed by atoms with E-state index >= 15 is 0 Å². The van der Waals surface area contributed by atoms with Crippen LogP contribution in [0.2, 0.25) is 0 Å². The lowest BCUT2D eigenvalue weighted by atomic mass is 10.1. The third-order valence-electron chi connectivity index (χ3n) is 4.35. The lowest BCUT2D eigenvalue weighted by Crippen LogP contribution is -2.44. The van der Waals surface area contributed by atoms with Gasteiger partial charge in [0, 0.05) is 51.9 Å². The van der Waals surface area contributed by atoms with Gasteiger partial charge in [0.25, 0.3) is 0 Å². The molecular weight excluding hydrogens is 250 g/mol. The molecule has 0 aliphatic carbocycles. The number of hydrogen-bond acceptors (Lipinski definition) is 3. The van der Waals surface area contributed by atoms with Gasteiger partial charge >= 0.3 is 0 Å². The van der Waals surface area contributed by atoms with Crippen LogP contribution in [-0.2, 0) is 17.6 Å². The molecule has 0 atom stereocenters. The molecule has 0 saturated carbocycles. The number of hydrogen-bond donors (Lipinski definition) is 1. The molecule has 3 rings (SSSR count). The lowest BCUT2D eigenvalue weighted by molar-refractivity contribution is -0.116. The maximum absolute atomic E-state index is 11.6. The van der Waals surface area contributed by atoms with Gasteiger partial charge in [-0.2, -0.15) is 0 Å². The summed E-state index contributed by atoms with van der Waals surface area (Å²) < 4.78 is 0. The van der Waals surface area contributed by atoms with E-state index in [2.05, 4.69) is 28.4 Å². The molecule has 2 aliphatic rings. The van der Waals surface area contributed by atoms with E-state index in [1.807, 2.05) is 4.90 Å². The van der Waals surface area contributed by atoms with Crippen molar-refractivity contribution in [2.24, 2.45) is 0 Å². The fourth-order valence-electron chi connectivity index (χ4n) is 3.13. The van der Waals surface area contributed by atoms with Crippen molar-refractivity contribution in [1.82, 2.24) is 10.2 Å². The van der Waals surface area contributed by atoms with Crippen molar-refractivity contribution in [1.29, 1.82) is 0 Å². The number of nitrogens with one attached hydrogen (secondary N) is 1. The number of rotatable bonds is 3. The van der Waals surface area contributed by atoms with Crippen LogP contribution in [0.1, 0.15) is 18.1 Å². The monoisotopic (exact) mass is 273 g/mol. The highest BCUT2D eigenvalue weighted by Gasteiger charge is 2.22. The molecular formula is C16H23N3O. The third-order valence-corrected chi connectivity index (χ3v) is 4.35. The first-order valence-corrected chi connectivity index (χ1v) is 7.57. The van der Waals surface area contributed by atoms with Crippen LogP contribution < -0.4 is 10.2 Å². The summed E-state index contributed by atoms with van der Waals surface area (Å²) in [5.41, 5.74) is 3.79. The van der Waals surface area contributed by atoms with Crippen molar-refractivity contribution in [2.75, 3.05) is 44.2 Å². The minimum atomic E-state index is 0.156. The van der Waals surface area contributed by atoms with Crippen molar-refractivity contribution in [3.05, 3.63) is 29.3 Å². The number of carbonyl (C=O) groups excluding carboxylic acids is 1. The molecule has 108 valence electrons. The summed E-state index contributed by atoms with van der Waals surface area (Å²) in [6.07, 6.45) is 2.06. The van der Waals surface area contributed by atoms with Crippen molar-refractivity contribution >= 4 is 11.6 Å². The summed E-state index contributed by atoms with van der Waals surface area (Å²) >= 11 is 0. The molecule has 0 unspecified atom stereocenters. The zero-order valence-electron chi connectivity index (χ0n) is 12.2. The minimum Gasteiger partial charge on any atom is -0.314 e. The molecule has 2 heterocycles. The summed E-state index contributed by atoms with van der Waals surface area (Å²) in [5.74, 6) is 0.156. The van der Waals surface area contributed by atoms with Crippen LogP contribution in [0.4, 0.5) is 5.69 Å². The van der Waals surface area contributed by atoms with E-state index < -0.39 is 0 Å². The molecule has 1 fully saturated rings. The highest BCUT2D eigenvalue weighted by atomic mass is 16.2. The van der Waals surface area contributed by atoms with Crippen LogP contribution in [0.3, 0.4) is 0 Å². The van der Waals surface area contributed by atoms with E-state index in [0.29, 0.717) is 0 Å². The minimum absolute atomic E-state index is 0.156. The van der Waals surface area contributed by atoms with Gasteiger partial charge in [-0.05, 0) is 30.0 Å². The van der Waals surface area contributed by atoms with Gasteiger partial charge in [-0.1, -0.05) is 12.1 Å². The first-order valence-electron chi connectivity index (χ1n) is 7.57. The Hall–Kier alpha value is -1.39. The second kappa shape index (κ2) is 5.94. The Morgan fingerprint density at radius 3 is 2.80 bits per heavy atom. The Balaban J connectivity index is 1.66. The molecule has 2 aliphatic heterocycles. The third kappa shape index (κ3) is 2.86. The molecule has 20 heavy (non-hydrogen) atoms. The molecule has 4 heteroatoms. The predicted molar refractivity (Wildman–Crippen MR) is 81.2 cm³/mol. The SMILES string of the molecule is CC(=O)N1CCc2ccc(CCN3CCNCC3)cc21. The van der Waals surface area contributed by atoms with Crippen molar-refractivity contribution < 1.29 is 4.79 Å². The normalized spacial score (nSPS) is 19.1.